The van der Waals surface area contributed by atoms with Gasteiger partial charge in [0.25, 0.3) is 0 Å². The summed E-state index contributed by atoms with van der Waals surface area (Å²) >= 11 is 3.53. The Kier molecular flexibility index (Phi) is 2.07. The van der Waals surface area contributed by atoms with E-state index in [1.165, 1.54) is 5.69 Å². The van der Waals surface area contributed by atoms with Gasteiger partial charge in [0.15, 0.2) is 0 Å². The van der Waals surface area contributed by atoms with Crippen molar-refractivity contribution in [1.82, 2.24) is 9.97 Å². The van der Waals surface area contributed by atoms with Gasteiger partial charge in [-0.05, 0) is 40.9 Å². The van der Waals surface area contributed by atoms with E-state index < -0.39 is 0 Å². The molecule has 3 N–H and O–H groups in total. The number of nitrogens with one attached hydrogen (secondary N) is 1. The minimum Gasteiger partial charge on any atom is -0.343 e. The number of halogens is 1. The van der Waals surface area contributed by atoms with E-state index in [0.29, 0.717) is 12.0 Å². The fraction of sp³-hybridized carbons (Fsp3) is 0.364. The lowest BCUT2D eigenvalue weighted by Gasteiger charge is -2.31. The summed E-state index contributed by atoms with van der Waals surface area (Å²) in [7, 11) is 0. The predicted octanol–water partition coefficient (Wildman–Crippen LogP) is 2.53. The Morgan fingerprint density at radius 3 is 2.93 bits per heavy atom. The molecule has 0 aromatic carbocycles. The zero-order chi connectivity index (χ0) is 10.4. The minimum atomic E-state index is 0.387. The number of hydrogen-bond donors (Lipinski definition) is 2. The number of hydrogen-bond acceptors (Lipinski definition) is 2. The fourth-order valence-electron chi connectivity index (χ4n) is 2.15. The molecule has 2 aromatic heterocycles. The Morgan fingerprint density at radius 2 is 2.27 bits per heavy atom. The molecule has 0 unspecified atom stereocenters. The van der Waals surface area contributed by atoms with Crippen LogP contribution in [0.25, 0.3) is 11.0 Å². The normalized spacial score (nSPS) is 25.5. The van der Waals surface area contributed by atoms with E-state index in [1.807, 2.05) is 6.07 Å². The number of fused-ring (bicyclic) bond motifs is 1. The van der Waals surface area contributed by atoms with Crippen LogP contribution in [-0.2, 0) is 0 Å². The number of nitrogens with zero attached hydrogens (tertiary/aromatic N) is 1. The second-order valence-electron chi connectivity index (χ2n) is 4.21. The average molecular weight is 266 g/mol. The summed E-state index contributed by atoms with van der Waals surface area (Å²) in [6.07, 6.45) is 3.98. The first-order valence-electron chi connectivity index (χ1n) is 5.13. The zero-order valence-electron chi connectivity index (χ0n) is 8.20. The van der Waals surface area contributed by atoms with E-state index in [4.69, 9.17) is 5.73 Å². The van der Waals surface area contributed by atoms with E-state index in [1.54, 1.807) is 6.20 Å². The fourth-order valence-corrected chi connectivity index (χ4v) is 2.57. The molecule has 78 valence electrons. The molecule has 0 atom stereocenters. The molecule has 3 rings (SSSR count). The highest BCUT2D eigenvalue weighted by atomic mass is 79.9. The maximum absolute atomic E-state index is 5.79. The summed E-state index contributed by atoms with van der Waals surface area (Å²) in [5, 5.41) is 1.16. The first-order chi connectivity index (χ1) is 7.24. The van der Waals surface area contributed by atoms with Crippen molar-refractivity contribution in [3.8, 4) is 0 Å². The van der Waals surface area contributed by atoms with Crippen molar-refractivity contribution < 1.29 is 0 Å². The maximum atomic E-state index is 5.79. The zero-order valence-corrected chi connectivity index (χ0v) is 9.79. The molecule has 1 fully saturated rings. The van der Waals surface area contributed by atoms with Crippen molar-refractivity contribution in [3.05, 3.63) is 28.5 Å². The van der Waals surface area contributed by atoms with E-state index in [0.717, 1.165) is 28.3 Å². The van der Waals surface area contributed by atoms with Gasteiger partial charge in [-0.15, -0.1) is 0 Å². The van der Waals surface area contributed by atoms with Crippen LogP contribution in [0.15, 0.2) is 22.8 Å². The van der Waals surface area contributed by atoms with Gasteiger partial charge in [0.05, 0.1) is 0 Å². The maximum Gasteiger partial charge on any atom is 0.138 e. The van der Waals surface area contributed by atoms with E-state index in [-0.39, 0.29) is 0 Å². The molecule has 0 radical (unpaired) electrons. The molecular weight excluding hydrogens is 254 g/mol. The standard InChI is InChI=1S/C11H12BrN3/c12-9-1-2-14-11-8(9)5-10(15-11)6-3-7(13)4-6/h1-2,5-7H,3-4,13H2,(H,14,15). The highest BCUT2D eigenvalue weighted by Crippen LogP contribution is 2.37. The van der Waals surface area contributed by atoms with Gasteiger partial charge >= 0.3 is 0 Å². The number of rotatable bonds is 1. The number of nitrogens with two attached hydrogens (primary N) is 1. The van der Waals surface area contributed by atoms with Crippen molar-refractivity contribution in [2.45, 2.75) is 24.8 Å². The van der Waals surface area contributed by atoms with Gasteiger partial charge in [-0.1, -0.05) is 0 Å². The lowest BCUT2D eigenvalue weighted by atomic mass is 9.79. The Morgan fingerprint density at radius 1 is 1.47 bits per heavy atom. The lowest BCUT2D eigenvalue weighted by molar-refractivity contribution is 0.346. The summed E-state index contributed by atoms with van der Waals surface area (Å²) in [4.78, 5) is 7.67. The van der Waals surface area contributed by atoms with Crippen molar-refractivity contribution in [3.63, 3.8) is 0 Å². The van der Waals surface area contributed by atoms with Gasteiger partial charge in [0.2, 0.25) is 0 Å². The minimum absolute atomic E-state index is 0.387. The Labute approximate surface area is 96.2 Å². The van der Waals surface area contributed by atoms with E-state index in [9.17, 15) is 0 Å². The molecular formula is C11H12BrN3. The van der Waals surface area contributed by atoms with Crippen LogP contribution < -0.4 is 5.73 Å². The molecule has 0 saturated heterocycles. The summed E-state index contributed by atoms with van der Waals surface area (Å²) in [6.45, 7) is 0. The Bertz CT molecular complexity index is 500. The van der Waals surface area contributed by atoms with Crippen LogP contribution in [0, 0.1) is 0 Å². The van der Waals surface area contributed by atoms with Crippen molar-refractivity contribution in [1.29, 1.82) is 0 Å². The summed E-state index contributed by atoms with van der Waals surface area (Å²) in [6, 6.07) is 4.54. The SMILES string of the molecule is NC1CC(c2cc3c(Br)ccnc3[nH]2)C1. The monoisotopic (exact) mass is 265 g/mol. The Balaban J connectivity index is 2.03. The molecule has 1 saturated carbocycles. The largest absolute Gasteiger partial charge is 0.343 e. The predicted molar refractivity (Wildman–Crippen MR) is 63.7 cm³/mol. The molecule has 3 nitrogen and oxygen atoms in total. The van der Waals surface area contributed by atoms with Crippen LogP contribution in [0.1, 0.15) is 24.5 Å². The van der Waals surface area contributed by atoms with E-state index >= 15 is 0 Å². The highest BCUT2D eigenvalue weighted by molar-refractivity contribution is 9.10. The average Bonchev–Trinajstić information content (AvgIpc) is 2.58. The van der Waals surface area contributed by atoms with Gasteiger partial charge in [-0.2, -0.15) is 0 Å². The number of aromatic amines is 1. The topological polar surface area (TPSA) is 54.7 Å². The van der Waals surface area contributed by atoms with Crippen molar-refractivity contribution >= 4 is 27.0 Å². The molecule has 2 heterocycles. The van der Waals surface area contributed by atoms with Crippen LogP contribution in [0.2, 0.25) is 0 Å². The molecule has 2 aromatic rings. The third-order valence-corrected chi connectivity index (χ3v) is 3.81. The van der Waals surface area contributed by atoms with Gasteiger partial charge in [-0.3, -0.25) is 0 Å². The highest BCUT2D eigenvalue weighted by Gasteiger charge is 2.28. The van der Waals surface area contributed by atoms with Crippen LogP contribution >= 0.6 is 15.9 Å². The summed E-state index contributed by atoms with van der Waals surface area (Å²) < 4.78 is 1.10. The number of pyridine rings is 1. The quantitative estimate of drug-likeness (QED) is 0.833. The van der Waals surface area contributed by atoms with Gasteiger partial charge < -0.3 is 10.7 Å². The lowest BCUT2D eigenvalue weighted by Crippen LogP contribution is -2.34. The molecule has 1 aliphatic rings. The van der Waals surface area contributed by atoms with Crippen molar-refractivity contribution in [2.24, 2.45) is 5.73 Å². The smallest absolute Gasteiger partial charge is 0.138 e. The number of aromatic nitrogens is 2. The van der Waals surface area contributed by atoms with Crippen LogP contribution in [0.4, 0.5) is 0 Å². The molecule has 4 heteroatoms. The Hall–Kier alpha value is -0.870. The van der Waals surface area contributed by atoms with E-state index in [2.05, 4.69) is 32.0 Å². The van der Waals surface area contributed by atoms with Crippen molar-refractivity contribution in [2.75, 3.05) is 0 Å². The second-order valence-corrected chi connectivity index (χ2v) is 5.06. The summed E-state index contributed by atoms with van der Waals surface area (Å²) in [5.74, 6) is 0.598. The van der Waals surface area contributed by atoms with Crippen LogP contribution in [0.5, 0.6) is 0 Å². The number of H-pyrrole nitrogens is 1. The third kappa shape index (κ3) is 1.48. The summed E-state index contributed by atoms with van der Waals surface area (Å²) in [5.41, 5.74) is 8.02. The molecule has 0 spiro atoms. The molecule has 0 aliphatic heterocycles. The molecule has 0 bridgehead atoms. The molecule has 15 heavy (non-hydrogen) atoms. The first kappa shape index (κ1) is 9.36. The second kappa shape index (κ2) is 3.32. The van der Waals surface area contributed by atoms with Gasteiger partial charge in [0.1, 0.15) is 5.65 Å². The first-order valence-corrected chi connectivity index (χ1v) is 5.92. The molecule has 0 amide bonds. The van der Waals surface area contributed by atoms with Gasteiger partial charge in [-0.25, -0.2) is 4.98 Å². The third-order valence-electron chi connectivity index (χ3n) is 3.11. The van der Waals surface area contributed by atoms with Crippen LogP contribution in [-0.4, -0.2) is 16.0 Å². The molecule has 1 aliphatic carbocycles. The van der Waals surface area contributed by atoms with Crippen LogP contribution in [0.3, 0.4) is 0 Å². The van der Waals surface area contributed by atoms with Gasteiger partial charge in [0, 0.05) is 33.7 Å².